The van der Waals surface area contributed by atoms with E-state index >= 15 is 0 Å². The van der Waals surface area contributed by atoms with Gasteiger partial charge in [-0.25, -0.2) is 14.8 Å². The molecule has 35 heavy (non-hydrogen) atoms. The van der Waals surface area contributed by atoms with Crippen LogP contribution < -0.4 is 9.47 Å². The molecule has 5 nitrogen and oxygen atoms in total. The van der Waals surface area contributed by atoms with Crippen LogP contribution in [0, 0.1) is 0 Å². The van der Waals surface area contributed by atoms with Gasteiger partial charge in [0.15, 0.2) is 5.82 Å². The van der Waals surface area contributed by atoms with Crippen molar-refractivity contribution < 1.29 is 14.3 Å². The molecule has 186 valence electrons. The molecule has 0 aliphatic rings. The summed E-state index contributed by atoms with van der Waals surface area (Å²) in [5, 5.41) is 0. The largest absolute Gasteiger partial charge is 0.494 e. The zero-order chi connectivity index (χ0) is 24.7. The van der Waals surface area contributed by atoms with Gasteiger partial charge in [0.2, 0.25) is 0 Å². The summed E-state index contributed by atoms with van der Waals surface area (Å²) in [6.45, 7) is 5.12. The average Bonchev–Trinajstić information content (AvgIpc) is 2.90. The molecule has 5 heteroatoms. The molecule has 0 bridgehead atoms. The van der Waals surface area contributed by atoms with Gasteiger partial charge < -0.3 is 9.47 Å². The highest BCUT2D eigenvalue weighted by Gasteiger charge is 2.10. The number of aryl methyl sites for hydroxylation is 1. The molecule has 3 rings (SSSR count). The Balaban J connectivity index is 1.47. The fourth-order valence-electron chi connectivity index (χ4n) is 3.81. The molecule has 0 N–H and O–H groups in total. The molecule has 3 aromatic rings. The van der Waals surface area contributed by atoms with Gasteiger partial charge in [0, 0.05) is 18.0 Å². The van der Waals surface area contributed by atoms with Gasteiger partial charge in [-0.05, 0) is 73.4 Å². The highest BCUT2D eigenvalue weighted by Crippen LogP contribution is 2.21. The Morgan fingerprint density at radius 2 is 1.31 bits per heavy atom. The first kappa shape index (κ1) is 26.4. The lowest BCUT2D eigenvalue weighted by atomic mass is 10.1. The molecule has 0 atom stereocenters. The van der Waals surface area contributed by atoms with Crippen molar-refractivity contribution in [2.24, 2.45) is 0 Å². The van der Waals surface area contributed by atoms with Crippen molar-refractivity contribution in [1.82, 2.24) is 9.97 Å². The van der Waals surface area contributed by atoms with Crippen LogP contribution in [0.5, 0.6) is 11.5 Å². The second-order valence-corrected chi connectivity index (χ2v) is 8.93. The Morgan fingerprint density at radius 3 is 1.97 bits per heavy atom. The van der Waals surface area contributed by atoms with Crippen LogP contribution in [-0.2, 0) is 6.42 Å². The maximum Gasteiger partial charge on any atom is 0.343 e. The van der Waals surface area contributed by atoms with Gasteiger partial charge in [-0.1, -0.05) is 58.8 Å². The number of nitrogens with zero attached hydrogens (tertiary/aromatic N) is 2. The summed E-state index contributed by atoms with van der Waals surface area (Å²) in [4.78, 5) is 21.5. The van der Waals surface area contributed by atoms with Crippen molar-refractivity contribution in [3.05, 3.63) is 72.1 Å². The summed E-state index contributed by atoms with van der Waals surface area (Å²) in [5.74, 6) is 1.53. The Labute approximate surface area is 209 Å². The predicted octanol–water partition coefficient (Wildman–Crippen LogP) is 7.83. The number of aromatic nitrogens is 2. The molecular weight excluding hydrogens is 436 g/mol. The van der Waals surface area contributed by atoms with Gasteiger partial charge in [0.25, 0.3) is 0 Å². The molecule has 0 saturated heterocycles. The van der Waals surface area contributed by atoms with Gasteiger partial charge >= 0.3 is 5.97 Å². The van der Waals surface area contributed by atoms with E-state index in [1.165, 1.54) is 56.9 Å². The minimum atomic E-state index is -0.396. The minimum Gasteiger partial charge on any atom is -0.494 e. The van der Waals surface area contributed by atoms with Crippen LogP contribution in [0.3, 0.4) is 0 Å². The second kappa shape index (κ2) is 14.9. The lowest BCUT2D eigenvalue weighted by molar-refractivity contribution is 0.0734. The van der Waals surface area contributed by atoms with E-state index in [9.17, 15) is 4.79 Å². The summed E-state index contributed by atoms with van der Waals surface area (Å²) < 4.78 is 11.3. The van der Waals surface area contributed by atoms with E-state index in [0.717, 1.165) is 24.2 Å². The Kier molecular flexibility index (Phi) is 11.3. The first-order valence-corrected chi connectivity index (χ1v) is 13.1. The van der Waals surface area contributed by atoms with Crippen LogP contribution in [0.2, 0.25) is 0 Å². The third-order valence-corrected chi connectivity index (χ3v) is 5.95. The van der Waals surface area contributed by atoms with Crippen LogP contribution >= 0.6 is 0 Å². The van der Waals surface area contributed by atoms with E-state index < -0.39 is 5.97 Å². The zero-order valence-corrected chi connectivity index (χ0v) is 21.2. The van der Waals surface area contributed by atoms with Crippen molar-refractivity contribution in [2.75, 3.05) is 6.61 Å². The van der Waals surface area contributed by atoms with Gasteiger partial charge in [0.1, 0.15) is 11.5 Å². The fourth-order valence-corrected chi connectivity index (χ4v) is 3.81. The summed E-state index contributed by atoms with van der Waals surface area (Å²) in [6, 6.07) is 14.4. The van der Waals surface area contributed by atoms with E-state index in [-0.39, 0.29) is 0 Å². The molecule has 1 heterocycles. The molecule has 2 aromatic carbocycles. The molecule has 0 fully saturated rings. The lowest BCUT2D eigenvalue weighted by Crippen LogP contribution is -2.08. The van der Waals surface area contributed by atoms with Crippen LogP contribution in [-0.4, -0.2) is 22.5 Å². The number of hydrogen-bond donors (Lipinski definition) is 0. The van der Waals surface area contributed by atoms with Gasteiger partial charge in [-0.15, -0.1) is 0 Å². The highest BCUT2D eigenvalue weighted by molar-refractivity contribution is 5.91. The molecule has 0 aliphatic heterocycles. The summed E-state index contributed by atoms with van der Waals surface area (Å²) in [6.07, 6.45) is 15.8. The molecule has 1 aromatic heterocycles. The van der Waals surface area contributed by atoms with E-state index in [2.05, 4.69) is 23.8 Å². The Bertz CT molecular complexity index is 999. The van der Waals surface area contributed by atoms with Crippen molar-refractivity contribution in [2.45, 2.75) is 78.1 Å². The predicted molar refractivity (Wildman–Crippen MR) is 141 cm³/mol. The number of carbonyl (C=O) groups excluding carboxylic acids is 1. The van der Waals surface area contributed by atoms with E-state index in [1.54, 1.807) is 24.3 Å². The highest BCUT2D eigenvalue weighted by atomic mass is 16.5. The first-order valence-electron chi connectivity index (χ1n) is 13.1. The zero-order valence-electron chi connectivity index (χ0n) is 21.2. The standard InChI is InChI=1S/C30H38N2O3/c1-3-5-7-9-10-12-24-22-31-29(32-23-24)25-13-19-28(20-14-25)35-30(33)26-15-17-27(18-16-26)34-21-11-8-6-4-2/h13-20,22-23H,3-12,21H2,1-2H3. The van der Waals surface area contributed by atoms with Crippen molar-refractivity contribution in [3.8, 4) is 22.9 Å². The monoisotopic (exact) mass is 474 g/mol. The topological polar surface area (TPSA) is 61.3 Å². The quantitative estimate of drug-likeness (QED) is 0.128. The number of ether oxygens (including phenoxy) is 2. The van der Waals surface area contributed by atoms with Crippen molar-refractivity contribution in [1.29, 1.82) is 0 Å². The van der Waals surface area contributed by atoms with Gasteiger partial charge in [0.05, 0.1) is 12.2 Å². The minimum absolute atomic E-state index is 0.396. The summed E-state index contributed by atoms with van der Waals surface area (Å²) in [7, 11) is 0. The van der Waals surface area contributed by atoms with Crippen molar-refractivity contribution in [3.63, 3.8) is 0 Å². The number of carbonyl (C=O) groups is 1. The maximum atomic E-state index is 12.5. The average molecular weight is 475 g/mol. The Hall–Kier alpha value is -3.21. The Morgan fingerprint density at radius 1 is 0.714 bits per heavy atom. The molecule has 0 amide bonds. The number of rotatable bonds is 15. The van der Waals surface area contributed by atoms with E-state index in [1.807, 2.05) is 36.7 Å². The third kappa shape index (κ3) is 9.16. The second-order valence-electron chi connectivity index (χ2n) is 8.93. The van der Waals surface area contributed by atoms with Gasteiger partial charge in [-0.3, -0.25) is 0 Å². The van der Waals surface area contributed by atoms with Crippen LogP contribution in [0.1, 0.15) is 87.6 Å². The number of unbranched alkanes of at least 4 members (excludes halogenated alkanes) is 7. The smallest absolute Gasteiger partial charge is 0.343 e. The number of hydrogen-bond acceptors (Lipinski definition) is 5. The fraction of sp³-hybridized carbons (Fsp3) is 0.433. The number of esters is 1. The molecule has 0 unspecified atom stereocenters. The molecular formula is C30H38N2O3. The number of benzene rings is 2. The summed E-state index contributed by atoms with van der Waals surface area (Å²) >= 11 is 0. The molecule has 0 radical (unpaired) electrons. The van der Waals surface area contributed by atoms with Crippen molar-refractivity contribution >= 4 is 5.97 Å². The molecule has 0 spiro atoms. The van der Waals surface area contributed by atoms with Crippen LogP contribution in [0.4, 0.5) is 0 Å². The van der Waals surface area contributed by atoms with Crippen LogP contribution in [0.15, 0.2) is 60.9 Å². The molecule has 0 aliphatic carbocycles. The summed E-state index contributed by atoms with van der Waals surface area (Å²) in [5.41, 5.74) is 2.55. The normalized spacial score (nSPS) is 10.8. The first-order chi connectivity index (χ1) is 17.2. The van der Waals surface area contributed by atoms with E-state index in [4.69, 9.17) is 9.47 Å². The third-order valence-electron chi connectivity index (χ3n) is 5.95. The molecule has 0 saturated carbocycles. The SMILES string of the molecule is CCCCCCCc1cnc(-c2ccc(OC(=O)c3ccc(OCCCCCC)cc3)cc2)nc1. The van der Waals surface area contributed by atoms with E-state index in [0.29, 0.717) is 23.7 Å². The maximum absolute atomic E-state index is 12.5. The van der Waals surface area contributed by atoms with Gasteiger partial charge in [-0.2, -0.15) is 0 Å². The van der Waals surface area contributed by atoms with Crippen LogP contribution in [0.25, 0.3) is 11.4 Å². The lowest BCUT2D eigenvalue weighted by Gasteiger charge is -2.08.